The van der Waals surface area contributed by atoms with E-state index in [1.54, 1.807) is 0 Å². The molecule has 11 aromatic carbocycles. The summed E-state index contributed by atoms with van der Waals surface area (Å²) in [5.74, 6) is 0. The lowest BCUT2D eigenvalue weighted by atomic mass is 9.33. The first kappa shape index (κ1) is 56.4. The Morgan fingerprint density at radius 1 is 0.371 bits per heavy atom. The molecule has 0 saturated carbocycles. The van der Waals surface area contributed by atoms with Crippen molar-refractivity contribution in [2.45, 2.75) is 113 Å². The Morgan fingerprint density at radius 3 is 1.63 bits per heavy atom. The molecule has 0 N–H and O–H groups in total. The highest BCUT2D eigenvalue weighted by molar-refractivity contribution is 7.25. The first-order chi connectivity index (χ1) is 42.6. The first-order valence-electron chi connectivity index (χ1n) is 31.8. The van der Waals surface area contributed by atoms with Gasteiger partial charge in [0.05, 0.1) is 16.7 Å². The van der Waals surface area contributed by atoms with Crippen LogP contribution in [0.1, 0.15) is 107 Å². The van der Waals surface area contributed by atoms with Gasteiger partial charge in [-0.3, -0.25) is 0 Å². The highest BCUT2D eigenvalue weighted by Gasteiger charge is 2.44. The molecule has 13 aromatic rings. The molecule has 6 heteroatoms. The van der Waals surface area contributed by atoms with Crippen molar-refractivity contribution in [1.82, 2.24) is 4.57 Å². The fourth-order valence-electron chi connectivity index (χ4n) is 14.9. The van der Waals surface area contributed by atoms with E-state index in [-0.39, 0.29) is 23.0 Å². The number of nitrogens with zero attached hydrogens (tertiary/aromatic N) is 4. The second-order valence-corrected chi connectivity index (χ2v) is 29.7. The number of aryl methyl sites for hydroxylation is 5. The quantitative estimate of drug-likeness (QED) is 0.148. The van der Waals surface area contributed by atoms with E-state index in [9.17, 15) is 0 Å². The van der Waals surface area contributed by atoms with Crippen molar-refractivity contribution in [1.29, 1.82) is 0 Å². The van der Waals surface area contributed by atoms with Crippen molar-refractivity contribution in [2.75, 3.05) is 14.7 Å². The lowest BCUT2D eigenvalue weighted by molar-refractivity contribution is 0.589. The Kier molecular flexibility index (Phi) is 13.0. The van der Waals surface area contributed by atoms with Crippen molar-refractivity contribution in [3.63, 3.8) is 0 Å². The second kappa shape index (κ2) is 20.5. The summed E-state index contributed by atoms with van der Waals surface area (Å²) in [6.07, 6.45) is 0. The lowest BCUT2D eigenvalue weighted by Gasteiger charge is -2.45. The number of anilines is 9. The third-order valence-corrected chi connectivity index (χ3v) is 20.4. The topological polar surface area (TPSA) is 14.7 Å². The zero-order chi connectivity index (χ0) is 61.7. The predicted octanol–water partition coefficient (Wildman–Crippen LogP) is 21.8. The van der Waals surface area contributed by atoms with Gasteiger partial charge in [-0.25, -0.2) is 0 Å². The molecule has 2 aliphatic heterocycles. The fraction of sp³-hybridized carbons (Fsp3) is 0.205. The van der Waals surface area contributed by atoms with Gasteiger partial charge >= 0.3 is 0 Å². The number of benzene rings is 11. The maximum atomic E-state index is 2.64. The van der Waals surface area contributed by atoms with Crippen molar-refractivity contribution in [2.24, 2.45) is 0 Å². The van der Waals surface area contributed by atoms with Crippen LogP contribution < -0.4 is 31.1 Å². The van der Waals surface area contributed by atoms with Crippen molar-refractivity contribution in [3.8, 4) is 16.8 Å². The Morgan fingerprint density at radius 2 is 0.944 bits per heavy atom. The van der Waals surface area contributed by atoms with Crippen LogP contribution in [0.15, 0.2) is 212 Å². The van der Waals surface area contributed by atoms with Gasteiger partial charge in [0, 0.05) is 82.1 Å². The van der Waals surface area contributed by atoms with E-state index in [0.717, 1.165) is 28.4 Å². The summed E-state index contributed by atoms with van der Waals surface area (Å²) in [6.45, 7) is 32.4. The van der Waals surface area contributed by atoms with E-state index >= 15 is 0 Å². The van der Waals surface area contributed by atoms with E-state index in [1.165, 1.54) is 142 Å². The van der Waals surface area contributed by atoms with Gasteiger partial charge < -0.3 is 19.3 Å². The van der Waals surface area contributed by atoms with Crippen LogP contribution in [-0.4, -0.2) is 11.3 Å². The number of rotatable bonds is 7. The summed E-state index contributed by atoms with van der Waals surface area (Å²) >= 11 is 1.89. The number of fused-ring (bicyclic) bond motifs is 10. The average molecular weight is 1170 g/mol. The van der Waals surface area contributed by atoms with Crippen LogP contribution in [0.5, 0.6) is 0 Å². The fourth-order valence-corrected chi connectivity index (χ4v) is 16.0. The summed E-state index contributed by atoms with van der Waals surface area (Å²) in [6, 6.07) is 81.7. The SMILES string of the molecule is Cc1cc2c3c(c1)N(c1cc(C)c(-c4ccc5c(c4)sc4ccccc45)c(C)c1)c1cc(N(c4ccc5c6ccccc6n(-c6ccccc6)c5c4)c4c(C)cc(C(C)(C)C)cc4C)ccc1B3c1cc(C(C)(C)C)ccc1N2c1ccc(C(C)(C)C)cc1. The molecule has 0 radical (unpaired) electrons. The molecule has 0 saturated heterocycles. The molecule has 0 bridgehead atoms. The monoisotopic (exact) mass is 1170 g/mol. The molecular weight excluding hydrogens is 1100 g/mol. The third-order valence-electron chi connectivity index (χ3n) is 19.3. The van der Waals surface area contributed by atoms with Gasteiger partial charge in [0.1, 0.15) is 0 Å². The standard InChI is InChI=1S/C83H77BN4S/c1-50-40-74-79-75(41-50)88(63-44-51(2)78(52(3)45-63)55-28-36-67-66-25-19-21-27-76(66)89-77(67)46-55)73-49-62(35-38-68(73)84(79)69-47-57(82(9,10)11)31-39-71(69)87(74)60-32-29-56(30-33-60)81(6,7)8)85(80-53(4)42-58(43-54(80)5)83(12,13)14)61-34-37-65-64-24-18-20-26-70(64)86(72(65)48-61)59-22-16-15-17-23-59/h15-49H,1-14H3. The van der Waals surface area contributed by atoms with Crippen LogP contribution in [0.4, 0.5) is 51.2 Å². The molecule has 4 heterocycles. The minimum atomic E-state index is -0.0810. The zero-order valence-electron chi connectivity index (χ0n) is 54.0. The van der Waals surface area contributed by atoms with Crippen LogP contribution in [0.2, 0.25) is 0 Å². The molecule has 89 heavy (non-hydrogen) atoms. The van der Waals surface area contributed by atoms with Gasteiger partial charge in [0.2, 0.25) is 0 Å². The number of aromatic nitrogens is 1. The summed E-state index contributed by atoms with van der Waals surface area (Å²) < 4.78 is 5.09. The van der Waals surface area contributed by atoms with Crippen LogP contribution in [0.25, 0.3) is 58.8 Å². The molecule has 15 rings (SSSR count). The molecule has 0 fully saturated rings. The normalized spacial score (nSPS) is 13.2. The highest BCUT2D eigenvalue weighted by Crippen LogP contribution is 2.50. The van der Waals surface area contributed by atoms with Gasteiger partial charge in [-0.1, -0.05) is 178 Å². The number of hydrogen-bond acceptors (Lipinski definition) is 4. The molecule has 4 nitrogen and oxygen atoms in total. The number of para-hydroxylation sites is 2. The maximum absolute atomic E-state index is 2.64. The van der Waals surface area contributed by atoms with Crippen LogP contribution >= 0.6 is 11.3 Å². The lowest BCUT2D eigenvalue weighted by Crippen LogP contribution is -2.61. The van der Waals surface area contributed by atoms with E-state index in [4.69, 9.17) is 0 Å². The first-order valence-corrected chi connectivity index (χ1v) is 32.6. The smallest absolute Gasteiger partial charge is 0.252 e. The average Bonchev–Trinajstić information content (AvgIpc) is 1.17. The summed E-state index contributed by atoms with van der Waals surface area (Å²) in [4.78, 5) is 7.77. The zero-order valence-corrected chi connectivity index (χ0v) is 54.8. The molecule has 0 unspecified atom stereocenters. The molecule has 0 amide bonds. The molecule has 438 valence electrons. The summed E-state index contributed by atoms with van der Waals surface area (Å²) in [5.41, 5.74) is 30.6. The van der Waals surface area contributed by atoms with Gasteiger partial charge in [0.15, 0.2) is 0 Å². The largest absolute Gasteiger partial charge is 0.311 e. The van der Waals surface area contributed by atoms with Gasteiger partial charge in [0.25, 0.3) is 6.71 Å². The summed E-state index contributed by atoms with van der Waals surface area (Å²) in [7, 11) is 0. The van der Waals surface area contributed by atoms with Crippen LogP contribution in [0, 0.1) is 34.6 Å². The number of thiophene rings is 1. The molecule has 0 aliphatic carbocycles. The molecular formula is C83H77BN4S. The van der Waals surface area contributed by atoms with E-state index in [2.05, 4.69) is 329 Å². The van der Waals surface area contributed by atoms with Crippen molar-refractivity contribution < 1.29 is 0 Å². The van der Waals surface area contributed by atoms with Crippen molar-refractivity contribution in [3.05, 3.63) is 257 Å². The van der Waals surface area contributed by atoms with Gasteiger partial charge in [-0.15, -0.1) is 11.3 Å². The van der Waals surface area contributed by atoms with Crippen LogP contribution in [-0.2, 0) is 16.2 Å². The minimum Gasteiger partial charge on any atom is -0.311 e. The third kappa shape index (κ3) is 9.23. The molecule has 2 aromatic heterocycles. The molecule has 0 atom stereocenters. The minimum absolute atomic E-state index is 0.0194. The van der Waals surface area contributed by atoms with E-state index in [1.807, 2.05) is 11.3 Å². The highest BCUT2D eigenvalue weighted by atomic mass is 32.1. The van der Waals surface area contributed by atoms with Crippen molar-refractivity contribution >= 4 is 128 Å². The van der Waals surface area contributed by atoms with Crippen LogP contribution in [0.3, 0.4) is 0 Å². The predicted molar refractivity (Wildman–Crippen MR) is 388 cm³/mol. The Hall–Kier alpha value is -9.10. The Balaban J connectivity index is 1.01. The molecule has 2 aliphatic rings. The Labute approximate surface area is 530 Å². The Bertz CT molecular complexity index is 4990. The van der Waals surface area contributed by atoms with E-state index < -0.39 is 0 Å². The molecule has 0 spiro atoms. The second-order valence-electron chi connectivity index (χ2n) is 28.6. The van der Waals surface area contributed by atoms with Gasteiger partial charge in [-0.05, 0) is 220 Å². The van der Waals surface area contributed by atoms with E-state index in [0.29, 0.717) is 0 Å². The maximum Gasteiger partial charge on any atom is 0.252 e. The number of hydrogen-bond donors (Lipinski definition) is 0. The van der Waals surface area contributed by atoms with Gasteiger partial charge in [-0.2, -0.15) is 0 Å². The summed E-state index contributed by atoms with van der Waals surface area (Å²) in [5, 5.41) is 5.11.